The fraction of sp³-hybridized carbons (Fsp3) is 0.167. The maximum Gasteiger partial charge on any atom is 0.272 e. The lowest BCUT2D eigenvalue weighted by molar-refractivity contribution is 0.102. The number of hydrogen-bond acceptors (Lipinski definition) is 4. The molecule has 0 radical (unpaired) electrons. The van der Waals surface area contributed by atoms with Gasteiger partial charge < -0.3 is 15.4 Å². The van der Waals surface area contributed by atoms with E-state index in [2.05, 4.69) is 10.3 Å². The van der Waals surface area contributed by atoms with E-state index in [4.69, 9.17) is 11.6 Å². The van der Waals surface area contributed by atoms with Crippen LogP contribution in [0.4, 0.5) is 11.4 Å². The van der Waals surface area contributed by atoms with Crippen LogP contribution in [0.5, 0.6) is 5.75 Å². The van der Waals surface area contributed by atoms with E-state index >= 15 is 0 Å². The number of fused-ring (bicyclic) bond motifs is 1. The van der Waals surface area contributed by atoms with Crippen LogP contribution in [0.15, 0.2) is 42.5 Å². The van der Waals surface area contributed by atoms with Crippen molar-refractivity contribution in [2.75, 3.05) is 21.9 Å². The number of benzene rings is 2. The highest BCUT2D eigenvalue weighted by Crippen LogP contribution is 2.32. The normalized spacial score (nSPS) is 16.0. The molecule has 3 aromatic rings. The third kappa shape index (κ3) is 3.33. The molecule has 7 nitrogen and oxygen atoms in total. The van der Waals surface area contributed by atoms with Crippen molar-refractivity contribution >= 4 is 49.8 Å². The summed E-state index contributed by atoms with van der Waals surface area (Å²) in [5.41, 5.74) is 1.59. The van der Waals surface area contributed by atoms with Crippen LogP contribution in [0.25, 0.3) is 10.9 Å². The predicted molar refractivity (Wildman–Crippen MR) is 105 cm³/mol. The molecule has 0 aliphatic carbocycles. The highest BCUT2D eigenvalue weighted by atomic mass is 35.5. The lowest BCUT2D eigenvalue weighted by Crippen LogP contribution is -2.25. The Morgan fingerprint density at radius 1 is 1.19 bits per heavy atom. The number of halogens is 1. The standard InChI is InChI=1S/C18H16ClN3O4S/c19-12-2-4-14-11(8-12)9-16(20-14)18(24)21-15-10-13(3-5-17(15)23)22-6-1-7-27(22,25)26/h2-5,8-10,20,23H,1,6-7H2,(H,21,24). The summed E-state index contributed by atoms with van der Waals surface area (Å²) in [6.07, 6.45) is 0.544. The summed E-state index contributed by atoms with van der Waals surface area (Å²) in [5, 5.41) is 14.0. The summed E-state index contributed by atoms with van der Waals surface area (Å²) in [4.78, 5) is 15.5. The Morgan fingerprint density at radius 2 is 2.00 bits per heavy atom. The van der Waals surface area contributed by atoms with Crippen LogP contribution in [0.3, 0.4) is 0 Å². The van der Waals surface area contributed by atoms with E-state index < -0.39 is 15.9 Å². The van der Waals surface area contributed by atoms with Crippen molar-refractivity contribution in [2.45, 2.75) is 6.42 Å². The molecule has 0 bridgehead atoms. The van der Waals surface area contributed by atoms with Crippen LogP contribution in [0, 0.1) is 0 Å². The molecule has 2 aromatic carbocycles. The highest BCUT2D eigenvalue weighted by Gasteiger charge is 2.29. The smallest absolute Gasteiger partial charge is 0.272 e. The molecule has 9 heteroatoms. The molecule has 27 heavy (non-hydrogen) atoms. The maximum atomic E-state index is 12.6. The number of phenolic OH excluding ortho intramolecular Hbond substituents is 1. The average molecular weight is 406 g/mol. The number of carbonyl (C=O) groups excluding carboxylic acids is 1. The lowest BCUT2D eigenvalue weighted by Gasteiger charge is -2.18. The van der Waals surface area contributed by atoms with Crippen LogP contribution < -0.4 is 9.62 Å². The molecular formula is C18H16ClN3O4S. The number of carbonyl (C=O) groups is 1. The van der Waals surface area contributed by atoms with E-state index in [1.807, 2.05) is 0 Å². The maximum absolute atomic E-state index is 12.6. The summed E-state index contributed by atoms with van der Waals surface area (Å²) in [6.45, 7) is 0.378. The van der Waals surface area contributed by atoms with Crippen molar-refractivity contribution in [3.63, 3.8) is 0 Å². The zero-order chi connectivity index (χ0) is 19.2. The zero-order valence-corrected chi connectivity index (χ0v) is 15.6. The number of aromatic nitrogens is 1. The molecule has 1 amide bonds. The van der Waals surface area contributed by atoms with Gasteiger partial charge in [-0.05, 0) is 48.9 Å². The molecule has 1 fully saturated rings. The first-order valence-corrected chi connectivity index (χ1v) is 10.3. The second kappa shape index (κ2) is 6.47. The molecule has 0 saturated carbocycles. The van der Waals surface area contributed by atoms with E-state index in [0.29, 0.717) is 29.4 Å². The summed E-state index contributed by atoms with van der Waals surface area (Å²) in [5.74, 6) is -0.519. The fourth-order valence-electron chi connectivity index (χ4n) is 3.12. The molecule has 1 aromatic heterocycles. The monoisotopic (exact) mass is 405 g/mol. The van der Waals surface area contributed by atoms with Crippen molar-refractivity contribution < 1.29 is 18.3 Å². The van der Waals surface area contributed by atoms with Gasteiger partial charge >= 0.3 is 0 Å². The Bertz CT molecular complexity index is 1160. The quantitative estimate of drug-likeness (QED) is 0.581. The number of hydrogen-bond donors (Lipinski definition) is 3. The number of nitrogens with zero attached hydrogens (tertiary/aromatic N) is 1. The number of amides is 1. The minimum absolute atomic E-state index is 0.0905. The van der Waals surface area contributed by atoms with Gasteiger partial charge in [0.2, 0.25) is 10.0 Å². The molecule has 140 valence electrons. The zero-order valence-electron chi connectivity index (χ0n) is 14.1. The second-order valence-corrected chi connectivity index (χ2v) is 8.76. The van der Waals surface area contributed by atoms with Gasteiger partial charge in [-0.2, -0.15) is 0 Å². The number of aromatic amines is 1. The molecule has 0 spiro atoms. The Hall–Kier alpha value is -2.71. The third-order valence-corrected chi connectivity index (χ3v) is 6.55. The number of sulfonamides is 1. The van der Waals surface area contributed by atoms with Gasteiger partial charge in [-0.3, -0.25) is 9.10 Å². The van der Waals surface area contributed by atoms with Crippen molar-refractivity contribution in [3.8, 4) is 5.75 Å². The third-order valence-electron chi connectivity index (χ3n) is 4.44. The number of anilines is 2. The van der Waals surface area contributed by atoms with Crippen LogP contribution in [-0.2, 0) is 10.0 Å². The van der Waals surface area contributed by atoms with E-state index in [1.54, 1.807) is 24.3 Å². The highest BCUT2D eigenvalue weighted by molar-refractivity contribution is 7.93. The predicted octanol–water partition coefficient (Wildman–Crippen LogP) is 3.32. The molecule has 1 saturated heterocycles. The molecule has 0 unspecified atom stereocenters. The number of aromatic hydroxyl groups is 1. The second-order valence-electron chi connectivity index (χ2n) is 6.31. The Labute approximate surface area is 160 Å². The van der Waals surface area contributed by atoms with Crippen molar-refractivity contribution in [1.82, 2.24) is 4.98 Å². The van der Waals surface area contributed by atoms with Crippen LogP contribution in [-0.4, -0.2) is 36.7 Å². The lowest BCUT2D eigenvalue weighted by atomic mass is 10.2. The first-order chi connectivity index (χ1) is 12.8. The van der Waals surface area contributed by atoms with Crippen molar-refractivity contribution in [1.29, 1.82) is 0 Å². The van der Waals surface area contributed by atoms with Gasteiger partial charge in [0.25, 0.3) is 5.91 Å². The number of nitrogens with one attached hydrogen (secondary N) is 2. The van der Waals surface area contributed by atoms with E-state index in [-0.39, 0.29) is 17.2 Å². The van der Waals surface area contributed by atoms with Gasteiger partial charge in [0.15, 0.2) is 0 Å². The summed E-state index contributed by atoms with van der Waals surface area (Å²) in [7, 11) is -3.35. The van der Waals surface area contributed by atoms with Gasteiger partial charge in [-0.15, -0.1) is 0 Å². The minimum atomic E-state index is -3.35. The van der Waals surface area contributed by atoms with Crippen molar-refractivity contribution in [2.24, 2.45) is 0 Å². The number of H-pyrrole nitrogens is 1. The minimum Gasteiger partial charge on any atom is -0.506 e. The van der Waals surface area contributed by atoms with Gasteiger partial charge in [-0.25, -0.2) is 8.42 Å². The Balaban J connectivity index is 1.63. The van der Waals surface area contributed by atoms with Gasteiger partial charge in [-0.1, -0.05) is 11.6 Å². The molecule has 0 atom stereocenters. The van der Waals surface area contributed by atoms with Crippen LogP contribution in [0.2, 0.25) is 5.02 Å². The topological polar surface area (TPSA) is 102 Å². The molecule has 2 heterocycles. The number of rotatable bonds is 3. The average Bonchev–Trinajstić information content (AvgIpc) is 3.19. The Morgan fingerprint density at radius 3 is 2.74 bits per heavy atom. The van der Waals surface area contributed by atoms with Gasteiger partial charge in [0, 0.05) is 22.5 Å². The van der Waals surface area contributed by atoms with E-state index in [0.717, 1.165) is 10.9 Å². The fourth-order valence-corrected chi connectivity index (χ4v) is 4.86. The summed E-state index contributed by atoms with van der Waals surface area (Å²) >= 11 is 5.96. The molecule has 1 aliphatic rings. The van der Waals surface area contributed by atoms with Crippen molar-refractivity contribution in [3.05, 3.63) is 53.2 Å². The number of phenols is 1. The summed E-state index contributed by atoms with van der Waals surface area (Å²) in [6, 6.07) is 11.2. The first-order valence-electron chi connectivity index (χ1n) is 8.26. The van der Waals surface area contributed by atoms with E-state index in [9.17, 15) is 18.3 Å². The molecule has 4 rings (SSSR count). The van der Waals surface area contributed by atoms with Crippen LogP contribution in [0.1, 0.15) is 16.9 Å². The first kappa shape index (κ1) is 17.7. The molecule has 1 aliphatic heterocycles. The van der Waals surface area contributed by atoms with E-state index in [1.165, 1.54) is 22.5 Å². The largest absolute Gasteiger partial charge is 0.506 e. The molecule has 3 N–H and O–H groups in total. The Kier molecular flexibility index (Phi) is 4.24. The van der Waals surface area contributed by atoms with Crippen LogP contribution >= 0.6 is 11.6 Å². The van der Waals surface area contributed by atoms with Gasteiger partial charge in [0.1, 0.15) is 11.4 Å². The molecular weight excluding hydrogens is 390 g/mol. The SMILES string of the molecule is O=C(Nc1cc(N2CCCS2(=O)=O)ccc1O)c1cc2cc(Cl)ccc2[nH]1. The van der Waals surface area contributed by atoms with Gasteiger partial charge in [0.05, 0.1) is 17.1 Å². The summed E-state index contributed by atoms with van der Waals surface area (Å²) < 4.78 is 25.5.